The van der Waals surface area contributed by atoms with Gasteiger partial charge in [-0.05, 0) is 37.9 Å². The molecule has 1 amide bonds. The maximum Gasteiger partial charge on any atom is 0.254 e. The Balaban J connectivity index is 1.35. The van der Waals surface area contributed by atoms with Crippen molar-refractivity contribution in [2.75, 3.05) is 45.2 Å². The van der Waals surface area contributed by atoms with Crippen LogP contribution >= 0.6 is 0 Å². The maximum absolute atomic E-state index is 13.6. The zero-order valence-corrected chi connectivity index (χ0v) is 19.8. The number of benzene rings is 1. The third-order valence-corrected chi connectivity index (χ3v) is 6.15. The second-order valence-corrected chi connectivity index (χ2v) is 9.02. The average Bonchev–Trinajstić information content (AvgIpc) is 3.29. The van der Waals surface area contributed by atoms with E-state index in [1.165, 1.54) is 5.56 Å². The van der Waals surface area contributed by atoms with Crippen LogP contribution in [0.15, 0.2) is 61.1 Å². The molecule has 4 aromatic rings. The van der Waals surface area contributed by atoms with Crippen LogP contribution in [0.2, 0.25) is 0 Å². The number of anilines is 1. The van der Waals surface area contributed by atoms with Crippen molar-refractivity contribution in [3.8, 4) is 11.3 Å². The third-order valence-electron chi connectivity index (χ3n) is 6.15. The summed E-state index contributed by atoms with van der Waals surface area (Å²) in [5.74, 6) is 1.00. The zero-order chi connectivity index (χ0) is 23.7. The number of aromatic nitrogens is 4. The van der Waals surface area contributed by atoms with Gasteiger partial charge >= 0.3 is 0 Å². The van der Waals surface area contributed by atoms with Crippen molar-refractivity contribution in [2.45, 2.75) is 6.54 Å². The van der Waals surface area contributed by atoms with Crippen molar-refractivity contribution in [3.05, 3.63) is 72.2 Å². The second kappa shape index (κ2) is 9.23. The fourth-order valence-corrected chi connectivity index (χ4v) is 4.43. The van der Waals surface area contributed by atoms with Gasteiger partial charge in [-0.3, -0.25) is 9.48 Å². The molecule has 1 aliphatic heterocycles. The summed E-state index contributed by atoms with van der Waals surface area (Å²) in [6.45, 7) is 3.68. The van der Waals surface area contributed by atoms with Gasteiger partial charge in [0.2, 0.25) is 0 Å². The van der Waals surface area contributed by atoms with Gasteiger partial charge in [-0.25, -0.2) is 9.97 Å². The summed E-state index contributed by atoms with van der Waals surface area (Å²) >= 11 is 0. The number of amides is 1. The van der Waals surface area contributed by atoms with Gasteiger partial charge in [0.25, 0.3) is 5.91 Å². The van der Waals surface area contributed by atoms with Gasteiger partial charge in [0.1, 0.15) is 5.82 Å². The lowest BCUT2D eigenvalue weighted by Gasteiger charge is -2.35. The minimum atomic E-state index is 0.0395. The zero-order valence-electron chi connectivity index (χ0n) is 19.8. The molecular weight excluding hydrogens is 426 g/mol. The number of rotatable bonds is 5. The first-order chi connectivity index (χ1) is 16.5. The highest BCUT2D eigenvalue weighted by Gasteiger charge is 2.25. The predicted molar refractivity (Wildman–Crippen MR) is 134 cm³/mol. The molecule has 0 atom stereocenters. The van der Waals surface area contributed by atoms with E-state index in [1.807, 2.05) is 54.7 Å². The van der Waals surface area contributed by atoms with Crippen LogP contribution in [0.5, 0.6) is 0 Å². The summed E-state index contributed by atoms with van der Waals surface area (Å²) in [6, 6.07) is 13.9. The number of nitrogens with zero attached hydrogens (tertiary/aromatic N) is 7. The lowest BCUT2D eigenvalue weighted by Crippen LogP contribution is -2.49. The highest BCUT2D eigenvalue weighted by molar-refractivity contribution is 6.07. The minimum Gasteiger partial charge on any atom is -0.353 e. The predicted octanol–water partition coefficient (Wildman–Crippen LogP) is 3.05. The van der Waals surface area contributed by atoms with E-state index in [0.29, 0.717) is 18.7 Å². The standard InChI is InChI=1S/C26H29N7O/c1-30(2)17-19-8-9-25(27-15-19)32-10-12-33(13-11-32)26(34)22-14-24(20-16-28-31(3)18-20)29-23-7-5-4-6-21(22)23/h4-9,14-16,18H,10-13,17H2,1-3H3. The Hall–Kier alpha value is -3.78. The lowest BCUT2D eigenvalue weighted by molar-refractivity contribution is 0.0748. The molecule has 1 fully saturated rings. The van der Waals surface area contributed by atoms with Crippen LogP contribution in [0, 0.1) is 0 Å². The Morgan fingerprint density at radius 3 is 2.50 bits per heavy atom. The lowest BCUT2D eigenvalue weighted by atomic mass is 10.0. The summed E-state index contributed by atoms with van der Waals surface area (Å²) in [6.07, 6.45) is 5.64. The van der Waals surface area contributed by atoms with Crippen molar-refractivity contribution in [2.24, 2.45) is 7.05 Å². The fourth-order valence-electron chi connectivity index (χ4n) is 4.43. The van der Waals surface area contributed by atoms with Crippen molar-refractivity contribution < 1.29 is 4.79 Å². The monoisotopic (exact) mass is 455 g/mol. The summed E-state index contributed by atoms with van der Waals surface area (Å²) in [5, 5.41) is 5.14. The van der Waals surface area contributed by atoms with Crippen molar-refractivity contribution in [1.82, 2.24) is 29.5 Å². The molecule has 1 aromatic carbocycles. The van der Waals surface area contributed by atoms with Gasteiger partial charge < -0.3 is 14.7 Å². The molecule has 0 N–H and O–H groups in total. The van der Waals surface area contributed by atoms with Crippen LogP contribution in [-0.4, -0.2) is 75.7 Å². The third kappa shape index (κ3) is 4.49. The van der Waals surface area contributed by atoms with Gasteiger partial charge in [0.15, 0.2) is 0 Å². The number of hydrogen-bond acceptors (Lipinski definition) is 6. The highest BCUT2D eigenvalue weighted by atomic mass is 16.2. The topological polar surface area (TPSA) is 70.4 Å². The second-order valence-electron chi connectivity index (χ2n) is 9.02. The van der Waals surface area contributed by atoms with Crippen LogP contribution in [0.4, 0.5) is 5.82 Å². The molecule has 34 heavy (non-hydrogen) atoms. The molecule has 0 radical (unpaired) electrons. The van der Waals surface area contributed by atoms with Gasteiger partial charge in [0.05, 0.1) is 23.0 Å². The van der Waals surface area contributed by atoms with Crippen molar-refractivity contribution >= 4 is 22.6 Å². The van der Waals surface area contributed by atoms with Crippen LogP contribution in [0.1, 0.15) is 15.9 Å². The Morgan fingerprint density at radius 1 is 1.03 bits per heavy atom. The number of fused-ring (bicyclic) bond motifs is 1. The van der Waals surface area contributed by atoms with E-state index in [-0.39, 0.29) is 5.91 Å². The number of hydrogen-bond donors (Lipinski definition) is 0. The van der Waals surface area contributed by atoms with E-state index in [0.717, 1.165) is 47.6 Å². The molecule has 0 bridgehead atoms. The van der Waals surface area contributed by atoms with E-state index >= 15 is 0 Å². The molecule has 4 heterocycles. The molecule has 1 saturated heterocycles. The Bertz CT molecular complexity index is 1300. The Kier molecular flexibility index (Phi) is 5.98. The molecule has 0 saturated carbocycles. The molecule has 174 valence electrons. The number of aryl methyl sites for hydroxylation is 1. The molecule has 0 aliphatic carbocycles. The van der Waals surface area contributed by atoms with Gasteiger partial charge in [-0.1, -0.05) is 24.3 Å². The van der Waals surface area contributed by atoms with Crippen LogP contribution in [0.25, 0.3) is 22.2 Å². The Labute approximate surface area is 199 Å². The largest absolute Gasteiger partial charge is 0.353 e. The van der Waals surface area contributed by atoms with Crippen LogP contribution in [-0.2, 0) is 13.6 Å². The average molecular weight is 456 g/mol. The number of para-hydroxylation sites is 1. The van der Waals surface area contributed by atoms with Gasteiger partial charge in [-0.2, -0.15) is 5.10 Å². The van der Waals surface area contributed by atoms with E-state index in [9.17, 15) is 4.79 Å². The van der Waals surface area contributed by atoms with Crippen molar-refractivity contribution in [3.63, 3.8) is 0 Å². The maximum atomic E-state index is 13.6. The molecule has 0 spiro atoms. The number of pyridine rings is 2. The molecule has 5 rings (SSSR count). The first-order valence-corrected chi connectivity index (χ1v) is 11.5. The Morgan fingerprint density at radius 2 is 1.82 bits per heavy atom. The summed E-state index contributed by atoms with van der Waals surface area (Å²) in [5.41, 5.74) is 4.35. The molecule has 8 nitrogen and oxygen atoms in total. The van der Waals surface area contributed by atoms with Crippen LogP contribution < -0.4 is 4.90 Å². The SMILES string of the molecule is CN(C)Cc1ccc(N2CCN(C(=O)c3cc(-c4cnn(C)c4)nc4ccccc34)CC2)nc1. The normalized spacial score (nSPS) is 14.2. The molecule has 1 aliphatic rings. The summed E-state index contributed by atoms with van der Waals surface area (Å²) < 4.78 is 1.74. The molecule has 3 aromatic heterocycles. The van der Waals surface area contributed by atoms with Gasteiger partial charge in [0, 0.05) is 63.1 Å². The summed E-state index contributed by atoms with van der Waals surface area (Å²) in [4.78, 5) is 29.4. The smallest absolute Gasteiger partial charge is 0.254 e. The quantitative estimate of drug-likeness (QED) is 0.461. The highest BCUT2D eigenvalue weighted by Crippen LogP contribution is 2.26. The number of piperazine rings is 1. The van der Waals surface area contributed by atoms with E-state index in [2.05, 4.69) is 46.1 Å². The van der Waals surface area contributed by atoms with E-state index in [1.54, 1.807) is 10.9 Å². The minimum absolute atomic E-state index is 0.0395. The van der Waals surface area contributed by atoms with E-state index in [4.69, 9.17) is 4.98 Å². The van der Waals surface area contributed by atoms with Gasteiger partial charge in [-0.15, -0.1) is 0 Å². The molecular formula is C26H29N7O. The number of carbonyl (C=O) groups excluding carboxylic acids is 1. The van der Waals surface area contributed by atoms with Crippen LogP contribution in [0.3, 0.4) is 0 Å². The first-order valence-electron chi connectivity index (χ1n) is 11.5. The van der Waals surface area contributed by atoms with E-state index < -0.39 is 0 Å². The molecule has 8 heteroatoms. The van der Waals surface area contributed by atoms with Crippen molar-refractivity contribution in [1.29, 1.82) is 0 Å². The molecule has 0 unspecified atom stereocenters. The number of carbonyl (C=O) groups is 1. The fraction of sp³-hybridized carbons (Fsp3) is 0.308. The summed E-state index contributed by atoms with van der Waals surface area (Å²) in [7, 11) is 5.98. The first kappa shape index (κ1) is 22.0.